The number of amides is 1. The minimum absolute atomic E-state index is 0.0190. The summed E-state index contributed by atoms with van der Waals surface area (Å²) in [5.41, 5.74) is 2.29. The maximum absolute atomic E-state index is 15.6. The molecule has 4 atom stereocenters. The first-order chi connectivity index (χ1) is 19.6. The Morgan fingerprint density at radius 3 is 2.39 bits per heavy atom. The van der Waals surface area contributed by atoms with Gasteiger partial charge in [0.15, 0.2) is 5.75 Å². The van der Waals surface area contributed by atoms with Gasteiger partial charge in [-0.25, -0.2) is 0 Å². The van der Waals surface area contributed by atoms with Crippen molar-refractivity contribution in [1.82, 2.24) is 9.47 Å². The molecule has 1 saturated heterocycles. The van der Waals surface area contributed by atoms with E-state index in [0.29, 0.717) is 13.0 Å². The zero-order valence-electron chi connectivity index (χ0n) is 24.3. The van der Waals surface area contributed by atoms with E-state index in [1.807, 2.05) is 61.5 Å². The van der Waals surface area contributed by atoms with Crippen LogP contribution in [-0.2, 0) is 22.5 Å². The Morgan fingerprint density at radius 1 is 1.05 bits per heavy atom. The van der Waals surface area contributed by atoms with Gasteiger partial charge in [0, 0.05) is 30.5 Å². The number of aliphatic hydroxyl groups is 1. The molecule has 0 radical (unpaired) electrons. The molecule has 1 aromatic heterocycles. The number of hydrogen-bond donors (Lipinski definition) is 1. The lowest BCUT2D eigenvalue weighted by Crippen LogP contribution is -2.40. The van der Waals surface area contributed by atoms with Crippen LogP contribution in [0.3, 0.4) is 0 Å². The quantitative estimate of drug-likeness (QED) is 0.237. The molecule has 1 aliphatic rings. The lowest BCUT2D eigenvalue weighted by molar-refractivity contribution is -0.135. The van der Waals surface area contributed by atoms with Crippen LogP contribution in [0.5, 0.6) is 5.75 Å². The van der Waals surface area contributed by atoms with E-state index in [9.17, 15) is 14.7 Å². The van der Waals surface area contributed by atoms with E-state index in [0.717, 1.165) is 23.2 Å². The number of halogens is 1. The van der Waals surface area contributed by atoms with Crippen molar-refractivity contribution in [3.63, 3.8) is 0 Å². The summed E-state index contributed by atoms with van der Waals surface area (Å²) in [6.45, 7) is 5.92. The fourth-order valence-corrected chi connectivity index (χ4v) is 8.60. The number of aromatic nitrogens is 1. The normalized spacial score (nSPS) is 20.6. The molecule has 220 valence electrons. The summed E-state index contributed by atoms with van der Waals surface area (Å²) in [6.07, 6.45) is 2.59. The van der Waals surface area contributed by atoms with Gasteiger partial charge in [0.2, 0.25) is 14.3 Å². The summed E-state index contributed by atoms with van der Waals surface area (Å²) in [4.78, 5) is 27.6. The van der Waals surface area contributed by atoms with Crippen LogP contribution in [0.25, 0.3) is 5.69 Å². The number of nitrogens with zero attached hydrogens (tertiary/aromatic N) is 2. The highest BCUT2D eigenvalue weighted by molar-refractivity contribution is 6.72. The number of pyridine rings is 1. The summed E-state index contributed by atoms with van der Waals surface area (Å²) in [5, 5.41) is 9.59. The van der Waals surface area contributed by atoms with Crippen LogP contribution >= 0.6 is 0 Å². The van der Waals surface area contributed by atoms with E-state index in [2.05, 4.69) is 0 Å². The Hall–Kier alpha value is -3.27. The van der Waals surface area contributed by atoms with Gasteiger partial charge >= 0.3 is 0 Å². The second-order valence-electron chi connectivity index (χ2n) is 11.3. The molecular formula is C32H41FN2O5Si. The van der Waals surface area contributed by atoms with E-state index in [1.165, 1.54) is 7.11 Å². The predicted molar refractivity (Wildman–Crippen MR) is 161 cm³/mol. The Morgan fingerprint density at radius 2 is 1.76 bits per heavy atom. The second kappa shape index (κ2) is 13.6. The number of carbonyl (C=O) groups is 1. The maximum Gasteiger partial charge on any atom is 0.297 e. The van der Waals surface area contributed by atoms with Gasteiger partial charge in [-0.1, -0.05) is 49.4 Å². The smallest absolute Gasteiger partial charge is 0.297 e. The lowest BCUT2D eigenvalue weighted by Gasteiger charge is -2.30. The van der Waals surface area contributed by atoms with Crippen molar-refractivity contribution in [1.29, 1.82) is 0 Å². The number of benzene rings is 2. The molecule has 0 bridgehead atoms. The zero-order chi connectivity index (χ0) is 29.6. The largest absolute Gasteiger partial charge is 0.491 e. The molecule has 1 aliphatic heterocycles. The van der Waals surface area contributed by atoms with Crippen molar-refractivity contribution < 1.29 is 23.5 Å². The van der Waals surface area contributed by atoms with Crippen molar-refractivity contribution >= 4 is 14.3 Å². The van der Waals surface area contributed by atoms with Crippen molar-refractivity contribution in [3.05, 3.63) is 94.4 Å². The summed E-state index contributed by atoms with van der Waals surface area (Å²) in [6, 6.07) is 20.8. The Balaban J connectivity index is 1.42. The number of ether oxygens (including phenoxy) is 2. The SMILES string of the molecule is COc1cccn(-c2ccc(CC[C@@H]3O[C@H](CC(=O)N(CCO)Cc4ccccc4)[C@@H]([Si](C)(C)F)[C@@H]3C)cc2)c1=O. The number of rotatable bonds is 12. The Bertz CT molecular complexity index is 1340. The van der Waals surface area contributed by atoms with Crippen LogP contribution in [0, 0.1) is 5.92 Å². The maximum atomic E-state index is 15.6. The molecule has 0 spiro atoms. The molecule has 1 amide bonds. The molecule has 0 saturated carbocycles. The molecular weight excluding hydrogens is 539 g/mol. The first-order valence-corrected chi connectivity index (χ1v) is 17.2. The summed E-state index contributed by atoms with van der Waals surface area (Å²) >= 11 is 0. The van der Waals surface area contributed by atoms with Gasteiger partial charge in [0.1, 0.15) is 0 Å². The van der Waals surface area contributed by atoms with Crippen LogP contribution in [0.2, 0.25) is 18.6 Å². The molecule has 4 rings (SSSR count). The summed E-state index contributed by atoms with van der Waals surface area (Å²) in [5.74, 6) is 0.132. The van der Waals surface area contributed by atoms with E-state index in [4.69, 9.17) is 9.47 Å². The van der Waals surface area contributed by atoms with Gasteiger partial charge < -0.3 is 23.6 Å². The molecule has 1 N–H and O–H groups in total. The molecule has 9 heteroatoms. The summed E-state index contributed by atoms with van der Waals surface area (Å²) < 4.78 is 28.8. The molecule has 0 unspecified atom stereocenters. The van der Waals surface area contributed by atoms with Crippen molar-refractivity contribution in [3.8, 4) is 11.4 Å². The third-order valence-corrected chi connectivity index (χ3v) is 10.6. The van der Waals surface area contributed by atoms with Gasteiger partial charge in [0.25, 0.3) is 5.56 Å². The predicted octanol–water partition coefficient (Wildman–Crippen LogP) is 5.14. The van der Waals surface area contributed by atoms with Crippen LogP contribution in [-0.4, -0.2) is 61.4 Å². The Labute approximate surface area is 242 Å². The fourth-order valence-electron chi connectivity index (χ4n) is 6.06. The fraction of sp³-hybridized carbons (Fsp3) is 0.438. The van der Waals surface area contributed by atoms with Gasteiger partial charge in [-0.2, -0.15) is 0 Å². The summed E-state index contributed by atoms with van der Waals surface area (Å²) in [7, 11) is -1.66. The topological polar surface area (TPSA) is 81.0 Å². The molecule has 1 fully saturated rings. The third-order valence-electron chi connectivity index (χ3n) is 8.07. The second-order valence-corrected chi connectivity index (χ2v) is 15.1. The van der Waals surface area contributed by atoms with Crippen molar-refractivity contribution in [2.75, 3.05) is 20.3 Å². The number of aryl methyl sites for hydroxylation is 1. The highest BCUT2D eigenvalue weighted by Gasteiger charge is 2.51. The molecule has 2 heterocycles. The third kappa shape index (κ3) is 7.52. The average molecular weight is 581 g/mol. The van der Waals surface area contributed by atoms with Crippen molar-refractivity contribution in [2.45, 2.75) is 63.6 Å². The minimum Gasteiger partial charge on any atom is -0.491 e. The van der Waals surface area contributed by atoms with Crippen LogP contribution in [0.1, 0.15) is 30.9 Å². The highest BCUT2D eigenvalue weighted by Crippen LogP contribution is 2.47. The van der Waals surface area contributed by atoms with Gasteiger partial charge in [0.05, 0.1) is 32.3 Å². The van der Waals surface area contributed by atoms with E-state index in [1.54, 1.807) is 40.9 Å². The van der Waals surface area contributed by atoms with E-state index >= 15 is 4.11 Å². The van der Waals surface area contributed by atoms with Gasteiger partial charge in [-0.3, -0.25) is 14.2 Å². The minimum atomic E-state index is -3.14. The standard InChI is InChI=1S/C32H41FN2O5Si/c1-23-27(17-14-24-12-15-26(16-13-24)35-18-8-11-28(39-2)32(35)38)40-29(31(23)41(3,4)33)21-30(37)34(19-20-36)22-25-9-6-5-7-10-25/h5-13,15-16,18,23,27,29,31,36H,14,17,19-22H2,1-4H3/t23-,27+,29-,31+/m1/s1. The zero-order valence-corrected chi connectivity index (χ0v) is 25.3. The molecule has 7 nitrogen and oxygen atoms in total. The van der Waals surface area contributed by atoms with E-state index in [-0.39, 0.29) is 54.4 Å². The van der Waals surface area contributed by atoms with Crippen LogP contribution in [0.4, 0.5) is 4.11 Å². The monoisotopic (exact) mass is 580 g/mol. The molecule has 3 aromatic rings. The molecule has 0 aliphatic carbocycles. The van der Waals surface area contributed by atoms with Crippen LogP contribution in [0.15, 0.2) is 77.7 Å². The number of carbonyl (C=O) groups excluding carboxylic acids is 1. The lowest BCUT2D eigenvalue weighted by atomic mass is 9.95. The van der Waals surface area contributed by atoms with Crippen LogP contribution < -0.4 is 10.3 Å². The number of hydrogen-bond acceptors (Lipinski definition) is 5. The van der Waals surface area contributed by atoms with Crippen molar-refractivity contribution in [2.24, 2.45) is 5.92 Å². The molecule has 2 aromatic carbocycles. The van der Waals surface area contributed by atoms with Gasteiger partial charge in [-0.05, 0) is 67.2 Å². The number of methoxy groups -OCH3 is 1. The molecule has 41 heavy (non-hydrogen) atoms. The van der Waals surface area contributed by atoms with E-state index < -0.39 is 14.5 Å². The first kappa shape index (κ1) is 30.7. The first-order valence-electron chi connectivity index (χ1n) is 14.2. The van der Waals surface area contributed by atoms with Gasteiger partial charge in [-0.15, -0.1) is 0 Å². The highest BCUT2D eigenvalue weighted by atomic mass is 28.4. The Kier molecular flexibility index (Phi) is 10.2. The average Bonchev–Trinajstić information content (AvgIpc) is 3.27. The number of aliphatic hydroxyl groups excluding tert-OH is 1.